The predicted octanol–water partition coefficient (Wildman–Crippen LogP) is 4.50. The van der Waals surface area contributed by atoms with Crippen molar-refractivity contribution in [3.63, 3.8) is 0 Å². The molecule has 0 saturated heterocycles. The van der Waals surface area contributed by atoms with Gasteiger partial charge in [-0.15, -0.1) is 0 Å². The highest BCUT2D eigenvalue weighted by molar-refractivity contribution is 9.12. The van der Waals surface area contributed by atoms with Crippen LogP contribution in [-0.2, 0) is 4.79 Å². The number of hydrogen-bond donors (Lipinski definition) is 4. The molecule has 5 rings (SSSR count). The van der Waals surface area contributed by atoms with E-state index >= 15 is 0 Å². The molecule has 11 heteroatoms. The number of carbonyl (C=O) groups is 2. The molecule has 34 heavy (non-hydrogen) atoms. The molecule has 3 aromatic heterocycles. The van der Waals surface area contributed by atoms with Crippen molar-refractivity contribution in [2.24, 2.45) is 0 Å². The molecule has 0 saturated carbocycles. The highest BCUT2D eigenvalue weighted by Crippen LogP contribution is 2.24. The van der Waals surface area contributed by atoms with Crippen molar-refractivity contribution in [2.75, 3.05) is 23.7 Å². The fraction of sp³-hybridized carbons (Fsp3) is 0.130. The third-order valence-electron chi connectivity index (χ3n) is 5.25. The maximum Gasteiger partial charge on any atom is 0.267 e. The van der Waals surface area contributed by atoms with Crippen molar-refractivity contribution in [3.8, 4) is 0 Å². The van der Waals surface area contributed by atoms with Gasteiger partial charge < -0.3 is 20.9 Å². The van der Waals surface area contributed by atoms with Crippen LogP contribution in [0.25, 0.3) is 26.9 Å². The maximum atomic E-state index is 12.6. The number of nitrogens with one attached hydrogen (secondary N) is 4. The first-order valence-electron chi connectivity index (χ1n) is 10.5. The molecule has 2 amide bonds. The number of amides is 2. The molecule has 3 heterocycles. The highest BCUT2D eigenvalue weighted by atomic mass is 79.9. The van der Waals surface area contributed by atoms with Crippen LogP contribution < -0.4 is 16.0 Å². The number of fused-ring (bicyclic) bond motifs is 4. The van der Waals surface area contributed by atoms with E-state index in [2.05, 4.69) is 52.8 Å². The Morgan fingerprint density at radius 3 is 2.85 bits per heavy atom. The number of aromatic nitrogens is 4. The van der Waals surface area contributed by atoms with Gasteiger partial charge in [0.15, 0.2) is 0 Å². The zero-order chi connectivity index (χ0) is 23.7. The van der Waals surface area contributed by atoms with Gasteiger partial charge in [-0.2, -0.15) is 4.37 Å². The topological polar surface area (TPSA) is 116 Å². The Morgan fingerprint density at radius 2 is 2.00 bits per heavy atom. The van der Waals surface area contributed by atoms with Gasteiger partial charge in [0.2, 0.25) is 10.9 Å². The van der Waals surface area contributed by atoms with Gasteiger partial charge in [-0.25, -0.2) is 4.98 Å². The second kappa shape index (κ2) is 9.27. The van der Waals surface area contributed by atoms with E-state index in [-0.39, 0.29) is 16.3 Å². The quantitative estimate of drug-likeness (QED) is 0.172. The number of carbonyl (C=O) groups excluding carboxylic acids is 2. The summed E-state index contributed by atoms with van der Waals surface area (Å²) < 4.78 is 6.70. The Morgan fingerprint density at radius 1 is 1.15 bits per heavy atom. The molecule has 172 valence electrons. The van der Waals surface area contributed by atoms with Gasteiger partial charge in [0.05, 0.1) is 15.5 Å². The van der Waals surface area contributed by atoms with Gasteiger partial charge in [0.25, 0.3) is 11.8 Å². The number of halogens is 1. The molecule has 0 aliphatic heterocycles. The summed E-state index contributed by atoms with van der Waals surface area (Å²) in [5.41, 5.74) is 3.84. The van der Waals surface area contributed by atoms with E-state index < -0.39 is 0 Å². The van der Waals surface area contributed by atoms with E-state index in [1.807, 2.05) is 34.7 Å². The Bertz CT molecular complexity index is 1550. The smallest absolute Gasteiger partial charge is 0.267 e. The van der Waals surface area contributed by atoms with Crippen molar-refractivity contribution in [1.82, 2.24) is 24.1 Å². The van der Waals surface area contributed by atoms with Gasteiger partial charge >= 0.3 is 0 Å². The molecule has 0 aliphatic rings. The zero-order valence-corrected chi connectivity index (χ0v) is 20.3. The summed E-state index contributed by atoms with van der Waals surface area (Å²) >= 11 is 4.41. The zero-order valence-electron chi connectivity index (χ0n) is 17.9. The fourth-order valence-electron chi connectivity index (χ4n) is 3.62. The second-order valence-corrected chi connectivity index (χ2v) is 9.29. The first-order chi connectivity index (χ1) is 16.5. The van der Waals surface area contributed by atoms with E-state index in [9.17, 15) is 9.59 Å². The minimum atomic E-state index is -0.318. The van der Waals surface area contributed by atoms with Crippen LogP contribution >= 0.6 is 27.5 Å². The van der Waals surface area contributed by atoms with E-state index in [4.69, 9.17) is 0 Å². The van der Waals surface area contributed by atoms with Crippen molar-refractivity contribution >= 4 is 77.8 Å². The molecule has 0 fully saturated rings. The Hall–Kier alpha value is -3.70. The summed E-state index contributed by atoms with van der Waals surface area (Å²) in [4.78, 5) is 32.9. The van der Waals surface area contributed by atoms with Crippen LogP contribution in [0.4, 0.5) is 11.6 Å². The van der Waals surface area contributed by atoms with Gasteiger partial charge in [0.1, 0.15) is 5.69 Å². The largest absolute Gasteiger partial charge is 0.355 e. The normalized spacial score (nSPS) is 11.2. The maximum absolute atomic E-state index is 12.6. The molecular weight excluding hydrogens is 518 g/mol. The summed E-state index contributed by atoms with van der Waals surface area (Å²) in [6, 6.07) is 15.1. The minimum absolute atomic E-state index is 0.188. The number of nitrogens with zero attached hydrogens (tertiary/aromatic N) is 3. The molecule has 0 aliphatic carbocycles. The van der Waals surface area contributed by atoms with Crippen molar-refractivity contribution in [1.29, 1.82) is 0 Å². The van der Waals surface area contributed by atoms with Crippen LogP contribution in [0.2, 0.25) is 0 Å². The third-order valence-corrected chi connectivity index (χ3v) is 6.31. The molecule has 0 radical (unpaired) electrons. The van der Waals surface area contributed by atoms with Crippen LogP contribution in [0.1, 0.15) is 16.9 Å². The standard InChI is InChI=1S/C23H20BrN7O2S/c1-13(24)20(32)27-15-7-8-16-14(11-15)12-18(28-16)21(33)25-9-4-10-26-22-30-34-23-29-17-5-2-3-6-19(17)31(22)23/h2-3,5-8,11-12,28H,1,4,9-10H2,(H,25,33)(H,26,30)(H,27,32). The van der Waals surface area contributed by atoms with Crippen LogP contribution in [0.5, 0.6) is 0 Å². The summed E-state index contributed by atoms with van der Waals surface area (Å²) in [5, 5.41) is 9.82. The minimum Gasteiger partial charge on any atom is -0.355 e. The summed E-state index contributed by atoms with van der Waals surface area (Å²) in [6.45, 7) is 4.71. The van der Waals surface area contributed by atoms with Crippen molar-refractivity contribution in [2.45, 2.75) is 6.42 Å². The molecule has 0 bridgehead atoms. The number of imidazole rings is 1. The average Bonchev–Trinajstić information content (AvgIpc) is 3.52. The molecule has 0 unspecified atom stereocenters. The summed E-state index contributed by atoms with van der Waals surface area (Å²) in [5.74, 6) is 0.246. The lowest BCUT2D eigenvalue weighted by atomic mass is 10.2. The van der Waals surface area contributed by atoms with Crippen LogP contribution in [0.15, 0.2) is 59.6 Å². The number of para-hydroxylation sites is 2. The first-order valence-corrected chi connectivity index (χ1v) is 12.1. The van der Waals surface area contributed by atoms with Crippen molar-refractivity contribution < 1.29 is 9.59 Å². The lowest BCUT2D eigenvalue weighted by Crippen LogP contribution is -2.26. The number of hydrogen-bond acceptors (Lipinski definition) is 6. The van der Waals surface area contributed by atoms with Gasteiger partial charge in [-0.1, -0.05) is 18.7 Å². The molecule has 9 nitrogen and oxygen atoms in total. The van der Waals surface area contributed by atoms with Crippen LogP contribution in [0.3, 0.4) is 0 Å². The lowest BCUT2D eigenvalue weighted by Gasteiger charge is -2.06. The third kappa shape index (κ3) is 4.39. The number of rotatable bonds is 8. The number of H-pyrrole nitrogens is 1. The first kappa shape index (κ1) is 22.1. The molecule has 4 N–H and O–H groups in total. The Balaban J connectivity index is 1.15. The van der Waals surface area contributed by atoms with Gasteiger partial charge in [-0.3, -0.25) is 14.0 Å². The average molecular weight is 538 g/mol. The summed E-state index contributed by atoms with van der Waals surface area (Å²) in [7, 11) is 0. The molecule has 0 spiro atoms. The second-order valence-electron chi connectivity index (χ2n) is 7.60. The molecule has 0 atom stereocenters. The lowest BCUT2D eigenvalue weighted by molar-refractivity contribution is -0.112. The highest BCUT2D eigenvalue weighted by Gasteiger charge is 2.13. The molecule has 2 aromatic carbocycles. The van der Waals surface area contributed by atoms with E-state index in [1.54, 1.807) is 18.2 Å². The van der Waals surface area contributed by atoms with Crippen LogP contribution in [-0.4, -0.2) is 43.6 Å². The van der Waals surface area contributed by atoms with Gasteiger partial charge in [-0.05, 0) is 58.7 Å². The van der Waals surface area contributed by atoms with E-state index in [0.29, 0.717) is 24.5 Å². The van der Waals surface area contributed by atoms with E-state index in [1.165, 1.54) is 11.5 Å². The SMILES string of the molecule is C=C(Br)C(=O)Nc1ccc2[nH]c(C(=O)NCCCNc3nsc4nc5ccccc5n34)cc2c1. The Kier molecular flexibility index (Phi) is 6.03. The predicted molar refractivity (Wildman–Crippen MR) is 139 cm³/mol. The fourth-order valence-corrected chi connectivity index (χ4v) is 4.44. The van der Waals surface area contributed by atoms with E-state index in [0.717, 1.165) is 39.3 Å². The number of anilines is 2. The molecule has 5 aromatic rings. The summed E-state index contributed by atoms with van der Waals surface area (Å²) in [6.07, 6.45) is 0.726. The Labute approximate surface area is 206 Å². The number of aromatic amines is 1. The van der Waals surface area contributed by atoms with Crippen LogP contribution in [0, 0.1) is 0 Å². The molecular formula is C23H20BrN7O2S. The van der Waals surface area contributed by atoms with Gasteiger partial charge in [0, 0.05) is 41.2 Å². The van der Waals surface area contributed by atoms with Crippen molar-refractivity contribution in [3.05, 3.63) is 65.3 Å². The number of benzene rings is 2. The monoisotopic (exact) mass is 537 g/mol.